The van der Waals surface area contributed by atoms with Gasteiger partial charge in [0.1, 0.15) is 0 Å². The first-order chi connectivity index (χ1) is 6.63. The molecule has 14 heavy (non-hydrogen) atoms. The summed E-state index contributed by atoms with van der Waals surface area (Å²) < 4.78 is 0. The van der Waals surface area contributed by atoms with E-state index in [1.807, 2.05) is 0 Å². The number of nitriles is 1. The van der Waals surface area contributed by atoms with Crippen molar-refractivity contribution in [3.63, 3.8) is 0 Å². The second-order valence-corrected chi connectivity index (χ2v) is 4.86. The minimum absolute atomic E-state index is 0.311. The minimum Gasteiger partial charge on any atom is -0.481 e. The van der Waals surface area contributed by atoms with E-state index in [4.69, 9.17) is 10.4 Å². The van der Waals surface area contributed by atoms with E-state index in [1.54, 1.807) is 0 Å². The van der Waals surface area contributed by atoms with Crippen LogP contribution in [0.2, 0.25) is 0 Å². The molecule has 0 aromatic rings. The Morgan fingerprint density at radius 3 is 2.21 bits per heavy atom. The third-order valence-corrected chi connectivity index (χ3v) is 3.78. The van der Waals surface area contributed by atoms with Gasteiger partial charge in [-0.05, 0) is 32.1 Å². The Bertz CT molecular complexity index is 293. The average Bonchev–Trinajstić information content (AvgIpc) is 2.78. The van der Waals surface area contributed by atoms with Crippen molar-refractivity contribution in [2.75, 3.05) is 0 Å². The first-order valence-electron chi connectivity index (χ1n) is 5.27. The largest absolute Gasteiger partial charge is 0.481 e. The first-order valence-corrected chi connectivity index (χ1v) is 5.27. The lowest BCUT2D eigenvalue weighted by Gasteiger charge is -2.23. The number of carbonyl (C=O) groups is 1. The number of rotatable bonds is 3. The highest BCUT2D eigenvalue weighted by molar-refractivity contribution is 5.77. The lowest BCUT2D eigenvalue weighted by molar-refractivity contribution is -0.144. The van der Waals surface area contributed by atoms with Crippen LogP contribution in [0.5, 0.6) is 0 Å². The molecule has 1 N–H and O–H groups in total. The smallest absolute Gasteiger partial charge is 0.309 e. The molecule has 0 bridgehead atoms. The molecular weight excluding hydrogens is 178 g/mol. The highest BCUT2D eigenvalue weighted by Crippen LogP contribution is 2.57. The molecule has 0 radical (unpaired) electrons. The number of hydrogen-bond donors (Lipinski definition) is 1. The molecule has 2 aliphatic rings. The highest BCUT2D eigenvalue weighted by Gasteiger charge is 2.55. The summed E-state index contributed by atoms with van der Waals surface area (Å²) in [4.78, 5) is 11.0. The molecule has 0 aromatic carbocycles. The van der Waals surface area contributed by atoms with Gasteiger partial charge >= 0.3 is 5.97 Å². The van der Waals surface area contributed by atoms with Crippen LogP contribution < -0.4 is 0 Å². The summed E-state index contributed by atoms with van der Waals surface area (Å²) in [5, 5.41) is 18.2. The van der Waals surface area contributed by atoms with Crippen LogP contribution in [0.1, 0.15) is 44.9 Å². The third-order valence-electron chi connectivity index (χ3n) is 3.78. The number of aliphatic carboxylic acids is 1. The van der Waals surface area contributed by atoms with E-state index in [9.17, 15) is 4.79 Å². The maximum atomic E-state index is 11.0. The Hall–Kier alpha value is -1.04. The van der Waals surface area contributed by atoms with Gasteiger partial charge < -0.3 is 5.11 Å². The fraction of sp³-hybridized carbons (Fsp3) is 0.818. The maximum Gasteiger partial charge on any atom is 0.309 e. The molecule has 2 saturated carbocycles. The molecule has 3 nitrogen and oxygen atoms in total. The van der Waals surface area contributed by atoms with E-state index in [2.05, 4.69) is 6.07 Å². The molecule has 0 saturated heterocycles. The average molecular weight is 193 g/mol. The van der Waals surface area contributed by atoms with Gasteiger partial charge in [-0.3, -0.25) is 4.79 Å². The number of carboxylic acids is 1. The standard InChI is InChI=1S/C11H15NO2/c12-8-10(3-1-2-4-10)7-11(5-6-11)9(13)14/h1-7H2,(H,13,14). The summed E-state index contributed by atoms with van der Waals surface area (Å²) in [7, 11) is 0. The molecule has 0 amide bonds. The van der Waals surface area contributed by atoms with E-state index in [0.717, 1.165) is 38.5 Å². The van der Waals surface area contributed by atoms with Crippen LogP contribution in [0.25, 0.3) is 0 Å². The first kappa shape index (κ1) is 9.51. The maximum absolute atomic E-state index is 11.0. The van der Waals surface area contributed by atoms with Crippen molar-refractivity contribution in [2.24, 2.45) is 10.8 Å². The van der Waals surface area contributed by atoms with Gasteiger partial charge in [0.2, 0.25) is 0 Å². The predicted octanol–water partition coefficient (Wildman–Crippen LogP) is 2.33. The summed E-state index contributed by atoms with van der Waals surface area (Å²) in [6.45, 7) is 0. The van der Waals surface area contributed by atoms with Crippen LogP contribution in [0, 0.1) is 22.2 Å². The molecule has 2 aliphatic carbocycles. The quantitative estimate of drug-likeness (QED) is 0.748. The Kier molecular flexibility index (Phi) is 2.02. The molecule has 0 spiro atoms. The van der Waals surface area contributed by atoms with E-state index < -0.39 is 11.4 Å². The summed E-state index contributed by atoms with van der Waals surface area (Å²) in [6.07, 6.45) is 6.10. The molecule has 76 valence electrons. The summed E-state index contributed by atoms with van der Waals surface area (Å²) >= 11 is 0. The molecule has 3 heteroatoms. The van der Waals surface area contributed by atoms with Crippen molar-refractivity contribution < 1.29 is 9.90 Å². The zero-order valence-electron chi connectivity index (χ0n) is 8.25. The predicted molar refractivity (Wildman–Crippen MR) is 50.4 cm³/mol. The van der Waals surface area contributed by atoms with Crippen LogP contribution in [-0.2, 0) is 4.79 Å². The Morgan fingerprint density at radius 2 is 1.86 bits per heavy atom. The van der Waals surface area contributed by atoms with Gasteiger partial charge in [0.25, 0.3) is 0 Å². The molecule has 0 unspecified atom stereocenters. The van der Waals surface area contributed by atoms with Crippen LogP contribution in [0.4, 0.5) is 0 Å². The number of carboxylic acid groups (broad SMARTS) is 1. The molecular formula is C11H15NO2. The third kappa shape index (κ3) is 1.39. The van der Waals surface area contributed by atoms with Crippen molar-refractivity contribution in [3.8, 4) is 6.07 Å². The van der Waals surface area contributed by atoms with Gasteiger partial charge in [0, 0.05) is 0 Å². The Balaban J connectivity index is 2.09. The van der Waals surface area contributed by atoms with Gasteiger partial charge in [0.15, 0.2) is 0 Å². The summed E-state index contributed by atoms with van der Waals surface area (Å²) in [5.74, 6) is -0.695. The number of hydrogen-bond acceptors (Lipinski definition) is 2. The van der Waals surface area contributed by atoms with Gasteiger partial charge in [0.05, 0.1) is 16.9 Å². The molecule has 2 rings (SSSR count). The highest BCUT2D eigenvalue weighted by atomic mass is 16.4. The molecule has 2 fully saturated rings. The van der Waals surface area contributed by atoms with Gasteiger partial charge in [-0.15, -0.1) is 0 Å². The lowest BCUT2D eigenvalue weighted by atomic mass is 9.77. The Labute approximate surface area is 83.7 Å². The van der Waals surface area contributed by atoms with Crippen molar-refractivity contribution in [2.45, 2.75) is 44.9 Å². The molecule has 0 heterocycles. The monoisotopic (exact) mass is 193 g/mol. The minimum atomic E-state index is -0.695. The van der Waals surface area contributed by atoms with E-state index >= 15 is 0 Å². The van der Waals surface area contributed by atoms with Crippen LogP contribution in [-0.4, -0.2) is 11.1 Å². The second kappa shape index (κ2) is 2.98. The van der Waals surface area contributed by atoms with E-state index in [1.165, 1.54) is 0 Å². The van der Waals surface area contributed by atoms with Crippen molar-refractivity contribution >= 4 is 5.97 Å². The normalized spacial score (nSPS) is 26.8. The van der Waals surface area contributed by atoms with Gasteiger partial charge in [-0.2, -0.15) is 5.26 Å². The van der Waals surface area contributed by atoms with Crippen LogP contribution in [0.3, 0.4) is 0 Å². The lowest BCUT2D eigenvalue weighted by Crippen LogP contribution is -2.25. The molecule has 0 aliphatic heterocycles. The van der Waals surface area contributed by atoms with Crippen molar-refractivity contribution in [1.29, 1.82) is 5.26 Å². The van der Waals surface area contributed by atoms with E-state index in [0.29, 0.717) is 6.42 Å². The van der Waals surface area contributed by atoms with Gasteiger partial charge in [-0.1, -0.05) is 12.8 Å². The van der Waals surface area contributed by atoms with Crippen LogP contribution >= 0.6 is 0 Å². The summed E-state index contributed by atoms with van der Waals surface area (Å²) in [5.41, 5.74) is -0.838. The molecule has 0 aromatic heterocycles. The SMILES string of the molecule is N#CC1(CC2(C(=O)O)CC2)CCCC1. The topological polar surface area (TPSA) is 61.1 Å². The fourth-order valence-corrected chi connectivity index (χ4v) is 2.64. The number of nitrogens with zero attached hydrogens (tertiary/aromatic N) is 1. The van der Waals surface area contributed by atoms with Crippen LogP contribution in [0.15, 0.2) is 0 Å². The van der Waals surface area contributed by atoms with Crippen molar-refractivity contribution in [3.05, 3.63) is 0 Å². The van der Waals surface area contributed by atoms with E-state index in [-0.39, 0.29) is 5.41 Å². The fourth-order valence-electron chi connectivity index (χ4n) is 2.64. The van der Waals surface area contributed by atoms with Crippen molar-refractivity contribution in [1.82, 2.24) is 0 Å². The summed E-state index contributed by atoms with van der Waals surface area (Å²) in [6, 6.07) is 2.37. The molecule has 0 atom stereocenters. The second-order valence-electron chi connectivity index (χ2n) is 4.86. The zero-order chi connectivity index (χ0) is 10.2. The zero-order valence-corrected chi connectivity index (χ0v) is 8.25. The Morgan fingerprint density at radius 1 is 1.29 bits per heavy atom. The van der Waals surface area contributed by atoms with Gasteiger partial charge in [-0.25, -0.2) is 0 Å².